The molecule has 0 aromatic heterocycles. The molecular formula is C18H23N2O2+. The standard InChI is InChI=1S/C18H23N2O2/c1-15(19(21)16-10-6-4-7-11-16)14-18(2,3)20(22)17-12-8-5-9-13-17/h4-13,21-22H,14H2,1-3H3/q+1/b19-15-. The summed E-state index contributed by atoms with van der Waals surface area (Å²) in [4.78, 5) is 0. The molecule has 0 spiro atoms. The van der Waals surface area contributed by atoms with Crippen LogP contribution in [-0.4, -0.2) is 26.4 Å². The topological polar surface area (TPSA) is 46.7 Å². The van der Waals surface area contributed by atoms with Gasteiger partial charge in [0.25, 0.3) is 5.69 Å². The lowest BCUT2D eigenvalue weighted by Gasteiger charge is -2.34. The van der Waals surface area contributed by atoms with Crippen molar-refractivity contribution in [2.24, 2.45) is 0 Å². The summed E-state index contributed by atoms with van der Waals surface area (Å²) in [6.45, 7) is 5.72. The van der Waals surface area contributed by atoms with E-state index in [1.165, 1.54) is 9.80 Å². The van der Waals surface area contributed by atoms with Gasteiger partial charge in [-0.15, -0.1) is 0 Å². The van der Waals surface area contributed by atoms with Crippen LogP contribution < -0.4 is 5.06 Å². The summed E-state index contributed by atoms with van der Waals surface area (Å²) in [7, 11) is 0. The van der Waals surface area contributed by atoms with Crippen molar-refractivity contribution in [2.75, 3.05) is 5.06 Å². The number of hydrogen-bond donors (Lipinski definition) is 2. The summed E-state index contributed by atoms with van der Waals surface area (Å²) < 4.78 is 1.17. The van der Waals surface area contributed by atoms with Gasteiger partial charge in [-0.1, -0.05) is 36.4 Å². The minimum Gasteiger partial charge on any atom is -0.288 e. The third kappa shape index (κ3) is 3.65. The van der Waals surface area contributed by atoms with Gasteiger partial charge in [0.15, 0.2) is 0 Å². The Hall–Kier alpha value is -2.33. The van der Waals surface area contributed by atoms with E-state index in [-0.39, 0.29) is 0 Å². The van der Waals surface area contributed by atoms with Crippen molar-refractivity contribution in [3.05, 3.63) is 60.7 Å². The summed E-state index contributed by atoms with van der Waals surface area (Å²) in [5.74, 6) is 0. The maximum Gasteiger partial charge on any atom is 0.257 e. The normalized spacial score (nSPS) is 12.7. The number of rotatable bonds is 5. The van der Waals surface area contributed by atoms with Crippen molar-refractivity contribution in [1.29, 1.82) is 0 Å². The van der Waals surface area contributed by atoms with Gasteiger partial charge in [0, 0.05) is 23.8 Å². The third-order valence-electron chi connectivity index (χ3n) is 3.62. The van der Waals surface area contributed by atoms with E-state index in [4.69, 9.17) is 0 Å². The van der Waals surface area contributed by atoms with E-state index < -0.39 is 5.54 Å². The van der Waals surface area contributed by atoms with Crippen LogP contribution in [0.1, 0.15) is 27.2 Å². The highest BCUT2D eigenvalue weighted by Gasteiger charge is 2.31. The second kappa shape index (κ2) is 6.62. The Kier molecular flexibility index (Phi) is 4.83. The molecule has 0 heterocycles. The van der Waals surface area contributed by atoms with Crippen molar-refractivity contribution in [1.82, 2.24) is 0 Å². The largest absolute Gasteiger partial charge is 0.288 e. The van der Waals surface area contributed by atoms with Crippen LogP contribution >= 0.6 is 0 Å². The van der Waals surface area contributed by atoms with Crippen LogP contribution in [0.3, 0.4) is 0 Å². The highest BCUT2D eigenvalue weighted by Crippen LogP contribution is 2.25. The predicted molar refractivity (Wildman–Crippen MR) is 88.2 cm³/mol. The Morgan fingerprint density at radius 1 is 1.00 bits per heavy atom. The van der Waals surface area contributed by atoms with Gasteiger partial charge in [0.2, 0.25) is 5.71 Å². The molecule has 0 amide bonds. The third-order valence-corrected chi connectivity index (χ3v) is 3.62. The molecule has 0 aliphatic carbocycles. The van der Waals surface area contributed by atoms with Crippen LogP contribution in [0.5, 0.6) is 0 Å². The Bertz CT molecular complexity index is 637. The maximum absolute atomic E-state index is 10.5. The van der Waals surface area contributed by atoms with Crippen molar-refractivity contribution >= 4 is 17.1 Å². The molecule has 4 heteroatoms. The lowest BCUT2D eigenvalue weighted by atomic mass is 9.96. The summed E-state index contributed by atoms with van der Waals surface area (Å²) in [6.07, 6.45) is 0.504. The number of benzene rings is 2. The van der Waals surface area contributed by atoms with E-state index in [2.05, 4.69) is 0 Å². The first-order valence-electron chi connectivity index (χ1n) is 7.32. The molecule has 0 fully saturated rings. The highest BCUT2D eigenvalue weighted by molar-refractivity contribution is 5.79. The molecule has 0 aliphatic rings. The van der Waals surface area contributed by atoms with Gasteiger partial charge in [-0.05, 0) is 26.0 Å². The van der Waals surface area contributed by atoms with E-state index in [1.54, 1.807) is 0 Å². The molecule has 0 bridgehead atoms. The van der Waals surface area contributed by atoms with Crippen LogP contribution in [0.2, 0.25) is 0 Å². The molecule has 0 saturated carbocycles. The van der Waals surface area contributed by atoms with Crippen LogP contribution in [0.4, 0.5) is 11.4 Å². The van der Waals surface area contributed by atoms with E-state index in [1.807, 2.05) is 81.4 Å². The summed E-state index contributed by atoms with van der Waals surface area (Å²) >= 11 is 0. The van der Waals surface area contributed by atoms with Crippen molar-refractivity contribution < 1.29 is 15.2 Å². The van der Waals surface area contributed by atoms with Crippen molar-refractivity contribution in [3.8, 4) is 0 Å². The Morgan fingerprint density at radius 2 is 1.50 bits per heavy atom. The van der Waals surface area contributed by atoms with E-state index in [0.717, 1.165) is 11.4 Å². The lowest BCUT2D eigenvalue weighted by Crippen LogP contribution is -2.44. The van der Waals surface area contributed by atoms with Gasteiger partial charge in [0.1, 0.15) is 0 Å². The smallest absolute Gasteiger partial charge is 0.257 e. The Morgan fingerprint density at radius 3 is 2.05 bits per heavy atom. The number of nitrogens with zero attached hydrogens (tertiary/aromatic N) is 2. The van der Waals surface area contributed by atoms with Gasteiger partial charge in [-0.3, -0.25) is 15.5 Å². The SMILES string of the molecule is C/C(CC(C)(C)N(O)c1ccccc1)=[N+](/O)c1ccccc1. The fourth-order valence-corrected chi connectivity index (χ4v) is 2.48. The molecule has 0 unspecified atom stereocenters. The van der Waals surface area contributed by atoms with Crippen LogP contribution in [0.25, 0.3) is 0 Å². The van der Waals surface area contributed by atoms with Crippen LogP contribution in [-0.2, 0) is 0 Å². The minimum absolute atomic E-state index is 0.504. The molecular weight excluding hydrogens is 276 g/mol. The van der Waals surface area contributed by atoms with E-state index in [9.17, 15) is 10.4 Å². The molecule has 0 atom stereocenters. The average Bonchev–Trinajstić information content (AvgIpc) is 2.54. The zero-order chi connectivity index (χ0) is 16.2. The molecule has 0 saturated heterocycles. The van der Waals surface area contributed by atoms with Crippen LogP contribution in [0, 0.1) is 0 Å². The summed E-state index contributed by atoms with van der Waals surface area (Å²) in [5, 5.41) is 22.0. The number of hydroxylamine groups is 1. The molecule has 2 aromatic rings. The number of para-hydroxylation sites is 2. The fraction of sp³-hybridized carbons (Fsp3) is 0.278. The quantitative estimate of drug-likeness (QED) is 0.375. The first kappa shape index (κ1) is 16.0. The number of anilines is 1. The van der Waals surface area contributed by atoms with Gasteiger partial charge >= 0.3 is 0 Å². The predicted octanol–water partition coefficient (Wildman–Crippen LogP) is 4.25. The fourth-order valence-electron chi connectivity index (χ4n) is 2.48. The van der Waals surface area contributed by atoms with Gasteiger partial charge in [-0.2, -0.15) is 0 Å². The van der Waals surface area contributed by atoms with Crippen molar-refractivity contribution in [2.45, 2.75) is 32.7 Å². The second-order valence-corrected chi connectivity index (χ2v) is 6.02. The highest BCUT2D eigenvalue weighted by atomic mass is 16.5. The van der Waals surface area contributed by atoms with Crippen molar-refractivity contribution in [3.63, 3.8) is 0 Å². The Labute approximate surface area is 131 Å². The minimum atomic E-state index is -0.554. The van der Waals surface area contributed by atoms with Gasteiger partial charge in [-0.25, -0.2) is 0 Å². The number of hydrogen-bond acceptors (Lipinski definition) is 3. The second-order valence-electron chi connectivity index (χ2n) is 6.02. The van der Waals surface area contributed by atoms with Gasteiger partial charge < -0.3 is 0 Å². The first-order chi connectivity index (χ1) is 10.4. The van der Waals surface area contributed by atoms with Crippen LogP contribution in [0.15, 0.2) is 60.7 Å². The monoisotopic (exact) mass is 299 g/mol. The molecule has 22 heavy (non-hydrogen) atoms. The molecule has 0 radical (unpaired) electrons. The Balaban J connectivity index is 2.21. The molecule has 0 aliphatic heterocycles. The average molecular weight is 299 g/mol. The molecule has 116 valence electrons. The lowest BCUT2D eigenvalue weighted by molar-refractivity contribution is -0.714. The zero-order valence-electron chi connectivity index (χ0n) is 13.3. The first-order valence-corrected chi connectivity index (χ1v) is 7.32. The van der Waals surface area contributed by atoms with Gasteiger partial charge in [0.05, 0.1) is 17.6 Å². The molecule has 4 nitrogen and oxygen atoms in total. The summed E-state index contributed by atoms with van der Waals surface area (Å²) in [5.41, 5.74) is 1.64. The van der Waals surface area contributed by atoms with E-state index in [0.29, 0.717) is 12.1 Å². The summed E-state index contributed by atoms with van der Waals surface area (Å²) in [6, 6.07) is 18.7. The molecule has 2 aromatic carbocycles. The van der Waals surface area contributed by atoms with E-state index >= 15 is 0 Å². The molecule has 2 N–H and O–H groups in total. The maximum atomic E-state index is 10.5. The zero-order valence-corrected chi connectivity index (χ0v) is 13.3. The molecule has 2 rings (SSSR count).